The Bertz CT molecular complexity index is 939. The molecule has 0 saturated heterocycles. The number of nitrogens with one attached hydrogen (secondary N) is 3. The van der Waals surface area contributed by atoms with Crippen molar-refractivity contribution in [2.24, 2.45) is 11.7 Å². The number of carbonyl (C=O) groups is 2. The van der Waals surface area contributed by atoms with Crippen molar-refractivity contribution in [1.82, 2.24) is 10.6 Å². The molecule has 178 valence electrons. The Morgan fingerprint density at radius 3 is 2.39 bits per heavy atom. The molecule has 2 aromatic rings. The number of hydrogen-bond donors (Lipinski definition) is 5. The molecule has 2 aromatic carbocycles. The molecule has 1 amide bonds. The molecule has 0 bridgehead atoms. The Morgan fingerprint density at radius 1 is 1.15 bits per heavy atom. The van der Waals surface area contributed by atoms with Crippen molar-refractivity contribution in [3.05, 3.63) is 64.7 Å². The van der Waals surface area contributed by atoms with Gasteiger partial charge in [-0.3, -0.25) is 10.2 Å². The molecule has 8 nitrogen and oxygen atoms in total. The third-order valence-electron chi connectivity index (χ3n) is 5.49. The second-order valence-corrected chi connectivity index (χ2v) is 8.30. The monoisotopic (exact) mass is 454 g/mol. The Kier molecular flexibility index (Phi) is 9.72. The molecule has 8 heteroatoms. The molecule has 6 N–H and O–H groups in total. The Morgan fingerprint density at radius 2 is 1.79 bits per heavy atom. The molecule has 33 heavy (non-hydrogen) atoms. The molecule has 0 radical (unpaired) electrons. The van der Waals surface area contributed by atoms with Gasteiger partial charge in [0.2, 0.25) is 5.91 Å². The second-order valence-electron chi connectivity index (χ2n) is 8.30. The van der Waals surface area contributed by atoms with Crippen molar-refractivity contribution in [1.29, 1.82) is 5.41 Å². The van der Waals surface area contributed by atoms with Crippen LogP contribution in [0.15, 0.2) is 42.5 Å². The summed E-state index contributed by atoms with van der Waals surface area (Å²) < 4.78 is 5.52. The zero-order valence-electron chi connectivity index (χ0n) is 19.5. The van der Waals surface area contributed by atoms with Crippen LogP contribution in [0.4, 0.5) is 0 Å². The summed E-state index contributed by atoms with van der Waals surface area (Å²) in [5.41, 5.74) is 8.69. The number of hydrogen-bond acceptors (Lipinski definition) is 5. The molecular formula is C25H34N4O4. The fraction of sp³-hybridized carbons (Fsp3) is 0.400. The number of esters is 1. The summed E-state index contributed by atoms with van der Waals surface area (Å²) in [5.74, 6) is -1.02. The molecule has 0 fully saturated rings. The SMILES string of the molecule is Cc1cc(O)cc(C)c1C[C@H](NC(=O)[C@@H](C)CCCNC(=N)N)C(=O)OCc1ccccc1. The van der Waals surface area contributed by atoms with E-state index in [0.717, 1.165) is 22.3 Å². The van der Waals surface area contributed by atoms with Crippen molar-refractivity contribution in [3.63, 3.8) is 0 Å². The van der Waals surface area contributed by atoms with E-state index in [1.807, 2.05) is 44.2 Å². The van der Waals surface area contributed by atoms with Crippen LogP contribution in [0.1, 0.15) is 42.0 Å². The average molecular weight is 455 g/mol. The van der Waals surface area contributed by atoms with Crippen molar-refractivity contribution < 1.29 is 19.4 Å². The van der Waals surface area contributed by atoms with Crippen molar-refractivity contribution in [3.8, 4) is 5.75 Å². The minimum absolute atomic E-state index is 0.104. The average Bonchev–Trinajstić information content (AvgIpc) is 2.76. The second kappa shape index (κ2) is 12.5. The van der Waals surface area contributed by atoms with Crippen LogP contribution in [0.25, 0.3) is 0 Å². The summed E-state index contributed by atoms with van der Waals surface area (Å²) in [6, 6.07) is 11.8. The number of aryl methyl sites for hydroxylation is 2. The molecule has 0 aromatic heterocycles. The summed E-state index contributed by atoms with van der Waals surface area (Å²) in [5, 5.41) is 22.6. The van der Waals surface area contributed by atoms with Gasteiger partial charge in [0.1, 0.15) is 18.4 Å². The number of guanidine groups is 1. The van der Waals surface area contributed by atoms with Gasteiger partial charge in [-0.05, 0) is 61.1 Å². The molecule has 0 heterocycles. The Balaban J connectivity index is 2.10. The van der Waals surface area contributed by atoms with E-state index in [4.69, 9.17) is 15.9 Å². The van der Waals surface area contributed by atoms with Gasteiger partial charge < -0.3 is 26.2 Å². The van der Waals surface area contributed by atoms with E-state index in [1.54, 1.807) is 19.1 Å². The predicted molar refractivity (Wildman–Crippen MR) is 128 cm³/mol. The topological polar surface area (TPSA) is 138 Å². The lowest BCUT2D eigenvalue weighted by molar-refractivity contribution is -0.149. The predicted octanol–water partition coefficient (Wildman–Crippen LogP) is 2.68. The molecule has 0 unspecified atom stereocenters. The third-order valence-corrected chi connectivity index (χ3v) is 5.49. The van der Waals surface area contributed by atoms with E-state index in [0.29, 0.717) is 19.4 Å². The molecule has 2 atom stereocenters. The third kappa shape index (κ3) is 8.48. The Labute approximate surface area is 195 Å². The van der Waals surface area contributed by atoms with Crippen molar-refractivity contribution >= 4 is 17.8 Å². The summed E-state index contributed by atoms with van der Waals surface area (Å²) in [6.07, 6.45) is 1.50. The van der Waals surface area contributed by atoms with Crippen LogP contribution in [0.2, 0.25) is 0 Å². The first-order valence-corrected chi connectivity index (χ1v) is 11.0. The molecular weight excluding hydrogens is 420 g/mol. The lowest BCUT2D eigenvalue weighted by Gasteiger charge is -2.22. The summed E-state index contributed by atoms with van der Waals surface area (Å²) in [4.78, 5) is 25.8. The largest absolute Gasteiger partial charge is 0.508 e. The van der Waals surface area contributed by atoms with Crippen LogP contribution in [-0.2, 0) is 27.4 Å². The Hall–Kier alpha value is -3.55. The first-order chi connectivity index (χ1) is 15.7. The smallest absolute Gasteiger partial charge is 0.329 e. The van der Waals surface area contributed by atoms with E-state index in [1.165, 1.54) is 0 Å². The number of ether oxygens (including phenoxy) is 1. The molecule has 0 aliphatic rings. The zero-order valence-corrected chi connectivity index (χ0v) is 19.5. The molecule has 0 aliphatic carbocycles. The van der Waals surface area contributed by atoms with Crippen molar-refractivity contribution in [2.45, 2.75) is 52.7 Å². The van der Waals surface area contributed by atoms with E-state index >= 15 is 0 Å². The van der Waals surface area contributed by atoms with Crippen LogP contribution >= 0.6 is 0 Å². The van der Waals surface area contributed by atoms with Gasteiger partial charge in [-0.15, -0.1) is 0 Å². The number of amides is 1. The number of carbonyl (C=O) groups excluding carboxylic acids is 2. The highest BCUT2D eigenvalue weighted by Crippen LogP contribution is 2.22. The van der Waals surface area contributed by atoms with Gasteiger partial charge in [-0.2, -0.15) is 0 Å². The van der Waals surface area contributed by atoms with Gasteiger partial charge in [0, 0.05) is 18.9 Å². The normalized spacial score (nSPS) is 12.5. The highest BCUT2D eigenvalue weighted by atomic mass is 16.5. The number of phenols is 1. The molecule has 0 spiro atoms. The summed E-state index contributed by atoms with van der Waals surface area (Å²) in [6.45, 7) is 6.14. The van der Waals surface area contributed by atoms with Gasteiger partial charge in [0.25, 0.3) is 0 Å². The van der Waals surface area contributed by atoms with Gasteiger partial charge in [-0.25, -0.2) is 4.79 Å². The van der Waals surface area contributed by atoms with Crippen LogP contribution < -0.4 is 16.4 Å². The standard InChI is InChI=1S/C25H34N4O4/c1-16(8-7-11-28-25(26)27)23(31)29-22(14-21-17(2)12-20(30)13-18(21)3)24(32)33-15-19-9-5-4-6-10-19/h4-6,9-10,12-13,16,22,30H,7-8,11,14-15H2,1-3H3,(H,29,31)(H4,26,27,28)/t16-,22-/m0/s1. The van der Waals surface area contributed by atoms with Gasteiger partial charge in [0.15, 0.2) is 5.96 Å². The number of benzene rings is 2. The lowest BCUT2D eigenvalue weighted by atomic mass is 9.95. The lowest BCUT2D eigenvalue weighted by Crippen LogP contribution is -2.45. The van der Waals surface area contributed by atoms with Crippen LogP contribution in [0.5, 0.6) is 5.75 Å². The van der Waals surface area contributed by atoms with E-state index in [-0.39, 0.29) is 36.6 Å². The van der Waals surface area contributed by atoms with Gasteiger partial charge in [-0.1, -0.05) is 37.3 Å². The first-order valence-electron chi connectivity index (χ1n) is 11.0. The van der Waals surface area contributed by atoms with Crippen LogP contribution in [0.3, 0.4) is 0 Å². The highest BCUT2D eigenvalue weighted by Gasteiger charge is 2.26. The fourth-order valence-electron chi connectivity index (χ4n) is 3.60. The number of aromatic hydroxyl groups is 1. The molecule has 0 aliphatic heterocycles. The number of phenolic OH excluding ortho intramolecular Hbond substituents is 1. The highest BCUT2D eigenvalue weighted by molar-refractivity contribution is 5.86. The minimum Gasteiger partial charge on any atom is -0.508 e. The zero-order chi connectivity index (χ0) is 24.4. The first kappa shape index (κ1) is 25.7. The maximum absolute atomic E-state index is 13.0. The maximum Gasteiger partial charge on any atom is 0.329 e. The van der Waals surface area contributed by atoms with E-state index in [9.17, 15) is 14.7 Å². The van der Waals surface area contributed by atoms with Crippen LogP contribution in [-0.4, -0.2) is 35.5 Å². The molecule has 2 rings (SSSR count). The molecule has 0 saturated carbocycles. The van der Waals surface area contributed by atoms with Gasteiger partial charge in [0.05, 0.1) is 0 Å². The van der Waals surface area contributed by atoms with Crippen LogP contribution in [0, 0.1) is 25.2 Å². The van der Waals surface area contributed by atoms with Gasteiger partial charge >= 0.3 is 5.97 Å². The number of nitrogens with two attached hydrogens (primary N) is 1. The van der Waals surface area contributed by atoms with E-state index in [2.05, 4.69) is 10.6 Å². The number of rotatable bonds is 11. The fourth-order valence-corrected chi connectivity index (χ4v) is 3.60. The summed E-state index contributed by atoms with van der Waals surface area (Å²) in [7, 11) is 0. The quantitative estimate of drug-likeness (QED) is 0.153. The minimum atomic E-state index is -0.860. The van der Waals surface area contributed by atoms with Crippen molar-refractivity contribution in [2.75, 3.05) is 6.54 Å². The maximum atomic E-state index is 13.0. The van der Waals surface area contributed by atoms with E-state index < -0.39 is 12.0 Å². The summed E-state index contributed by atoms with van der Waals surface area (Å²) >= 11 is 0.